The molecule has 300 valence electrons. The van der Waals surface area contributed by atoms with Crippen molar-refractivity contribution in [3.05, 3.63) is 109 Å². The molecule has 0 rings (SSSR count). The van der Waals surface area contributed by atoms with Crippen molar-refractivity contribution in [3.8, 4) is 0 Å². The lowest BCUT2D eigenvalue weighted by Crippen LogP contribution is -2.45. The molecule has 0 radical (unpaired) electrons. The molecule has 0 saturated carbocycles. The number of nitrogens with one attached hydrogen (secondary N) is 1. The number of hydrogen-bond donors (Lipinski definition) is 3. The first-order chi connectivity index (χ1) is 26.2. The maximum atomic E-state index is 12.3. The van der Waals surface area contributed by atoms with E-state index >= 15 is 0 Å². The number of rotatable bonds is 37. The third kappa shape index (κ3) is 40.1. The molecule has 53 heavy (non-hydrogen) atoms. The van der Waals surface area contributed by atoms with Gasteiger partial charge in [-0.05, 0) is 89.9 Å². The SMILES string of the molecule is CC/C=C\C/C=C\C/C=C\C/C=C\C/C=C\C/C=C\C/C=C\CCCCCCCCCCCC(=O)NC(CO)C(O)/C=C/CC/C=C/CCCCCC. The van der Waals surface area contributed by atoms with Crippen LogP contribution in [0.4, 0.5) is 0 Å². The normalized spacial score (nSPS) is 14.1. The molecular weight excluding hydrogens is 651 g/mol. The van der Waals surface area contributed by atoms with Crippen LogP contribution in [0.15, 0.2) is 109 Å². The van der Waals surface area contributed by atoms with Crippen LogP contribution in [0, 0.1) is 0 Å². The van der Waals surface area contributed by atoms with E-state index in [9.17, 15) is 15.0 Å². The average molecular weight is 732 g/mol. The Morgan fingerprint density at radius 1 is 0.472 bits per heavy atom. The van der Waals surface area contributed by atoms with Crippen LogP contribution in [0.1, 0.15) is 174 Å². The summed E-state index contributed by atoms with van der Waals surface area (Å²) in [6, 6.07) is -0.647. The lowest BCUT2D eigenvalue weighted by atomic mass is 10.1. The first-order valence-electron chi connectivity index (χ1n) is 21.6. The van der Waals surface area contributed by atoms with Gasteiger partial charge in [0.1, 0.15) is 0 Å². The van der Waals surface area contributed by atoms with Crippen molar-refractivity contribution in [1.29, 1.82) is 0 Å². The zero-order valence-electron chi connectivity index (χ0n) is 34.2. The Morgan fingerprint density at radius 3 is 1.32 bits per heavy atom. The fourth-order valence-corrected chi connectivity index (χ4v) is 5.70. The fraction of sp³-hybridized carbons (Fsp3) is 0.612. The number of unbranched alkanes of at least 4 members (excludes halogenated alkanes) is 14. The van der Waals surface area contributed by atoms with Gasteiger partial charge < -0.3 is 15.5 Å². The van der Waals surface area contributed by atoms with Crippen molar-refractivity contribution in [3.63, 3.8) is 0 Å². The van der Waals surface area contributed by atoms with Gasteiger partial charge in [0.25, 0.3) is 0 Å². The lowest BCUT2D eigenvalue weighted by molar-refractivity contribution is -0.123. The molecule has 0 fully saturated rings. The van der Waals surface area contributed by atoms with Crippen LogP contribution in [0.5, 0.6) is 0 Å². The number of allylic oxidation sites excluding steroid dienone is 17. The Labute approximate surface area is 327 Å². The fourth-order valence-electron chi connectivity index (χ4n) is 5.70. The molecule has 0 heterocycles. The highest BCUT2D eigenvalue weighted by molar-refractivity contribution is 5.76. The highest BCUT2D eigenvalue weighted by atomic mass is 16.3. The summed E-state index contributed by atoms with van der Waals surface area (Å²) in [5, 5.41) is 22.8. The van der Waals surface area contributed by atoms with Crippen LogP contribution in [0.2, 0.25) is 0 Å². The first-order valence-corrected chi connectivity index (χ1v) is 21.6. The Hall–Kier alpha value is -2.95. The molecule has 0 aromatic carbocycles. The third-order valence-electron chi connectivity index (χ3n) is 8.99. The first kappa shape index (κ1) is 50.1. The molecule has 1 amide bonds. The van der Waals surface area contributed by atoms with Crippen molar-refractivity contribution in [1.82, 2.24) is 5.32 Å². The van der Waals surface area contributed by atoms with Gasteiger partial charge in [-0.25, -0.2) is 0 Å². The molecule has 2 unspecified atom stereocenters. The molecule has 0 aliphatic rings. The zero-order chi connectivity index (χ0) is 38.6. The molecule has 0 spiro atoms. The van der Waals surface area contributed by atoms with E-state index < -0.39 is 12.1 Å². The molecule has 4 heteroatoms. The Bertz CT molecular complexity index is 1060. The second kappa shape index (κ2) is 43.5. The molecule has 2 atom stereocenters. The second-order valence-electron chi connectivity index (χ2n) is 14.0. The van der Waals surface area contributed by atoms with E-state index in [2.05, 4.69) is 116 Å². The van der Waals surface area contributed by atoms with E-state index in [4.69, 9.17) is 0 Å². The summed E-state index contributed by atoms with van der Waals surface area (Å²) in [4.78, 5) is 12.3. The summed E-state index contributed by atoms with van der Waals surface area (Å²) in [6.07, 6.45) is 66.3. The van der Waals surface area contributed by atoms with Gasteiger partial charge in [-0.3, -0.25) is 4.79 Å². The molecule has 0 aliphatic heterocycles. The Balaban J connectivity index is 3.64. The summed E-state index contributed by atoms with van der Waals surface area (Å²) in [5.41, 5.74) is 0. The predicted octanol–water partition coefficient (Wildman–Crippen LogP) is 13.6. The second-order valence-corrected chi connectivity index (χ2v) is 14.0. The summed E-state index contributed by atoms with van der Waals surface area (Å²) in [5.74, 6) is -0.0890. The topological polar surface area (TPSA) is 69.6 Å². The van der Waals surface area contributed by atoms with Crippen LogP contribution < -0.4 is 5.32 Å². The van der Waals surface area contributed by atoms with Gasteiger partial charge in [-0.15, -0.1) is 0 Å². The Morgan fingerprint density at radius 2 is 0.849 bits per heavy atom. The average Bonchev–Trinajstić information content (AvgIpc) is 3.16. The van der Waals surface area contributed by atoms with E-state index in [0.717, 1.165) is 83.5 Å². The van der Waals surface area contributed by atoms with Gasteiger partial charge in [-0.2, -0.15) is 0 Å². The highest BCUT2D eigenvalue weighted by Crippen LogP contribution is 2.12. The number of carbonyl (C=O) groups is 1. The minimum atomic E-state index is -0.869. The lowest BCUT2D eigenvalue weighted by Gasteiger charge is -2.19. The summed E-state index contributed by atoms with van der Waals surface area (Å²) >= 11 is 0. The summed E-state index contributed by atoms with van der Waals surface area (Å²) in [7, 11) is 0. The molecule has 0 saturated heterocycles. The van der Waals surface area contributed by atoms with Crippen molar-refractivity contribution >= 4 is 5.91 Å². The molecular formula is C49H81NO3. The third-order valence-corrected chi connectivity index (χ3v) is 8.99. The molecule has 4 nitrogen and oxygen atoms in total. The van der Waals surface area contributed by atoms with Gasteiger partial charge >= 0.3 is 0 Å². The molecule has 0 aliphatic carbocycles. The molecule has 0 aromatic heterocycles. The minimum Gasteiger partial charge on any atom is -0.394 e. The van der Waals surface area contributed by atoms with Crippen LogP contribution in [-0.4, -0.2) is 34.9 Å². The van der Waals surface area contributed by atoms with E-state index in [1.165, 1.54) is 70.6 Å². The van der Waals surface area contributed by atoms with Crippen molar-refractivity contribution < 1.29 is 15.0 Å². The minimum absolute atomic E-state index is 0.0890. The van der Waals surface area contributed by atoms with Crippen molar-refractivity contribution in [2.24, 2.45) is 0 Å². The maximum Gasteiger partial charge on any atom is 0.220 e. The van der Waals surface area contributed by atoms with Gasteiger partial charge in [0.15, 0.2) is 0 Å². The number of amides is 1. The predicted molar refractivity (Wildman–Crippen MR) is 234 cm³/mol. The van der Waals surface area contributed by atoms with E-state index in [0.29, 0.717) is 6.42 Å². The molecule has 0 bridgehead atoms. The largest absolute Gasteiger partial charge is 0.394 e. The van der Waals surface area contributed by atoms with Crippen LogP contribution in [0.25, 0.3) is 0 Å². The van der Waals surface area contributed by atoms with Gasteiger partial charge in [0, 0.05) is 6.42 Å². The van der Waals surface area contributed by atoms with Gasteiger partial charge in [-0.1, -0.05) is 187 Å². The zero-order valence-corrected chi connectivity index (χ0v) is 34.2. The molecule has 0 aromatic rings. The van der Waals surface area contributed by atoms with E-state index in [1.54, 1.807) is 6.08 Å². The van der Waals surface area contributed by atoms with Gasteiger partial charge in [0.05, 0.1) is 18.8 Å². The number of aliphatic hydroxyl groups excluding tert-OH is 2. The molecule has 3 N–H and O–H groups in total. The van der Waals surface area contributed by atoms with E-state index in [-0.39, 0.29) is 12.5 Å². The number of hydrogen-bond acceptors (Lipinski definition) is 3. The maximum absolute atomic E-state index is 12.3. The van der Waals surface area contributed by atoms with Crippen LogP contribution in [0.3, 0.4) is 0 Å². The monoisotopic (exact) mass is 732 g/mol. The van der Waals surface area contributed by atoms with Crippen molar-refractivity contribution in [2.75, 3.05) is 6.61 Å². The standard InChI is InChI=1S/C49H81NO3/c1-3-5-7-9-11-13-15-16-17-18-19-20-21-22-23-24-25-26-27-28-29-30-31-32-33-34-35-37-39-41-43-45-49(53)50-47(46-51)48(52)44-42-40-38-36-14-12-10-8-6-4-2/h5,7,11,13-14,16-17,19-20,22-23,25-26,28-29,36,42,44,47-48,51-52H,3-4,6,8-10,12,15,18,21,24,27,30-35,37-41,43,45-46H2,1-2H3,(H,50,53)/b7-5-,13-11-,17-16-,20-19-,23-22-,26-25-,29-28-,36-14+,44-42+. The number of aliphatic hydroxyl groups is 2. The van der Waals surface area contributed by atoms with Crippen LogP contribution in [-0.2, 0) is 4.79 Å². The highest BCUT2D eigenvalue weighted by Gasteiger charge is 2.17. The van der Waals surface area contributed by atoms with Crippen LogP contribution >= 0.6 is 0 Å². The van der Waals surface area contributed by atoms with Gasteiger partial charge in [0.2, 0.25) is 5.91 Å². The number of carbonyl (C=O) groups excluding carboxylic acids is 1. The quantitative estimate of drug-likeness (QED) is 0.0440. The Kier molecular flexibility index (Phi) is 41.0. The summed E-state index contributed by atoms with van der Waals surface area (Å²) < 4.78 is 0. The van der Waals surface area contributed by atoms with Crippen molar-refractivity contribution in [2.45, 2.75) is 187 Å². The smallest absolute Gasteiger partial charge is 0.220 e. The summed E-state index contributed by atoms with van der Waals surface area (Å²) in [6.45, 7) is 4.12. The van der Waals surface area contributed by atoms with E-state index in [1.807, 2.05) is 6.08 Å².